The van der Waals surface area contributed by atoms with Crippen molar-refractivity contribution in [3.63, 3.8) is 0 Å². The fourth-order valence-corrected chi connectivity index (χ4v) is 1.08. The molecule has 0 bridgehead atoms. The lowest BCUT2D eigenvalue weighted by Crippen LogP contribution is -2.41. The van der Waals surface area contributed by atoms with E-state index in [1.54, 1.807) is 0 Å². The summed E-state index contributed by atoms with van der Waals surface area (Å²) in [7, 11) is 4.36. The van der Waals surface area contributed by atoms with Gasteiger partial charge in [0, 0.05) is 18.6 Å². The Kier molecular flexibility index (Phi) is 11.1. The Labute approximate surface area is 91.3 Å². The van der Waals surface area contributed by atoms with Crippen LogP contribution >= 0.6 is 0 Å². The van der Waals surface area contributed by atoms with E-state index in [-0.39, 0.29) is 0 Å². The van der Waals surface area contributed by atoms with Crippen molar-refractivity contribution >= 4 is 0 Å². The lowest BCUT2D eigenvalue weighted by molar-refractivity contribution is 0.176. The van der Waals surface area contributed by atoms with Gasteiger partial charge in [-0.25, -0.2) is 0 Å². The number of likely N-dealkylation sites (N-methyl/N-ethyl adjacent to an activating group) is 2. The summed E-state index contributed by atoms with van der Waals surface area (Å²) in [6.07, 6.45) is 0. The zero-order valence-electron chi connectivity index (χ0n) is 11.5. The first-order valence-corrected chi connectivity index (χ1v) is 5.89. The molecule has 2 nitrogen and oxygen atoms in total. The average Bonchev–Trinajstić information content (AvgIpc) is 2.19. The van der Waals surface area contributed by atoms with Gasteiger partial charge in [-0.1, -0.05) is 20.8 Å². The molecule has 0 saturated heterocycles. The number of hydrogen-bond acceptors (Lipinski definition) is 2. The van der Waals surface area contributed by atoms with E-state index in [0.717, 1.165) is 13.1 Å². The minimum absolute atomic E-state index is 0.651. The molecule has 2 heteroatoms. The Morgan fingerprint density at radius 1 is 0.929 bits per heavy atom. The van der Waals surface area contributed by atoms with Gasteiger partial charge in [0.05, 0.1) is 0 Å². The zero-order chi connectivity index (χ0) is 11.7. The van der Waals surface area contributed by atoms with Crippen molar-refractivity contribution in [2.45, 2.75) is 53.6 Å². The molecule has 0 aliphatic carbocycles. The molecule has 14 heavy (non-hydrogen) atoms. The maximum absolute atomic E-state index is 2.39. The minimum Gasteiger partial charge on any atom is -0.303 e. The van der Waals surface area contributed by atoms with Gasteiger partial charge in [0.2, 0.25) is 0 Å². The predicted molar refractivity (Wildman–Crippen MR) is 66.9 cm³/mol. The fourth-order valence-electron chi connectivity index (χ4n) is 1.08. The SMILES string of the molecule is CC.CCN(C)C(C)CN(C)C(C)C. The topological polar surface area (TPSA) is 6.48 Å². The molecule has 0 fully saturated rings. The highest BCUT2D eigenvalue weighted by Gasteiger charge is 2.11. The first-order valence-electron chi connectivity index (χ1n) is 5.89. The van der Waals surface area contributed by atoms with Crippen molar-refractivity contribution in [2.75, 3.05) is 27.2 Å². The molecule has 1 atom stereocenters. The summed E-state index contributed by atoms with van der Waals surface area (Å²) in [5.41, 5.74) is 0. The predicted octanol–water partition coefficient (Wildman–Crippen LogP) is 2.69. The third-order valence-electron chi connectivity index (χ3n) is 2.69. The van der Waals surface area contributed by atoms with E-state index in [2.05, 4.69) is 51.6 Å². The monoisotopic (exact) mass is 202 g/mol. The van der Waals surface area contributed by atoms with Crippen LogP contribution in [0, 0.1) is 0 Å². The molecule has 0 aliphatic heterocycles. The van der Waals surface area contributed by atoms with Crippen LogP contribution in [0.2, 0.25) is 0 Å². The summed E-state index contributed by atoms with van der Waals surface area (Å²) in [6.45, 7) is 15.2. The number of rotatable bonds is 5. The van der Waals surface area contributed by atoms with Crippen LogP contribution in [0.25, 0.3) is 0 Å². The number of nitrogens with zero attached hydrogens (tertiary/aromatic N) is 2. The molecule has 0 aliphatic rings. The van der Waals surface area contributed by atoms with Crippen molar-refractivity contribution in [2.24, 2.45) is 0 Å². The summed E-state index contributed by atoms with van der Waals surface area (Å²) < 4.78 is 0. The maximum Gasteiger partial charge on any atom is 0.0191 e. The smallest absolute Gasteiger partial charge is 0.0191 e. The van der Waals surface area contributed by atoms with E-state index in [0.29, 0.717) is 12.1 Å². The second-order valence-corrected chi connectivity index (χ2v) is 3.96. The van der Waals surface area contributed by atoms with E-state index >= 15 is 0 Å². The second-order valence-electron chi connectivity index (χ2n) is 3.96. The van der Waals surface area contributed by atoms with Crippen LogP contribution in [0.15, 0.2) is 0 Å². The lowest BCUT2D eigenvalue weighted by Gasteiger charge is -2.30. The molecule has 88 valence electrons. The van der Waals surface area contributed by atoms with Crippen LogP contribution in [-0.4, -0.2) is 49.1 Å². The van der Waals surface area contributed by atoms with E-state index in [1.165, 1.54) is 0 Å². The summed E-state index contributed by atoms with van der Waals surface area (Å²) >= 11 is 0. The minimum atomic E-state index is 0.651. The Balaban J connectivity index is 0. The largest absolute Gasteiger partial charge is 0.303 e. The molecule has 0 spiro atoms. The van der Waals surface area contributed by atoms with Crippen molar-refractivity contribution in [3.8, 4) is 0 Å². The van der Waals surface area contributed by atoms with Crippen LogP contribution in [0.4, 0.5) is 0 Å². The quantitative estimate of drug-likeness (QED) is 0.676. The van der Waals surface area contributed by atoms with Crippen molar-refractivity contribution in [1.29, 1.82) is 0 Å². The van der Waals surface area contributed by atoms with Crippen LogP contribution < -0.4 is 0 Å². The Bertz CT molecular complexity index is 113. The van der Waals surface area contributed by atoms with Gasteiger partial charge in [0.15, 0.2) is 0 Å². The van der Waals surface area contributed by atoms with E-state index in [1.807, 2.05) is 13.8 Å². The van der Waals surface area contributed by atoms with Gasteiger partial charge in [-0.2, -0.15) is 0 Å². The molecular weight excluding hydrogens is 172 g/mol. The third kappa shape index (κ3) is 7.34. The Morgan fingerprint density at radius 2 is 1.36 bits per heavy atom. The Morgan fingerprint density at radius 3 is 1.64 bits per heavy atom. The van der Waals surface area contributed by atoms with Crippen LogP contribution in [-0.2, 0) is 0 Å². The molecule has 0 amide bonds. The summed E-state index contributed by atoms with van der Waals surface area (Å²) in [5.74, 6) is 0. The number of hydrogen-bond donors (Lipinski definition) is 0. The van der Waals surface area contributed by atoms with E-state index in [4.69, 9.17) is 0 Å². The summed E-state index contributed by atoms with van der Waals surface area (Å²) in [6, 6.07) is 1.31. The molecule has 0 N–H and O–H groups in total. The Hall–Kier alpha value is -0.0800. The molecule has 0 rings (SSSR count). The highest BCUT2D eigenvalue weighted by Crippen LogP contribution is 2.00. The van der Waals surface area contributed by atoms with Gasteiger partial charge in [-0.15, -0.1) is 0 Å². The maximum atomic E-state index is 2.39. The molecule has 0 saturated carbocycles. The first-order chi connectivity index (χ1) is 6.49. The highest BCUT2D eigenvalue weighted by atomic mass is 15.2. The van der Waals surface area contributed by atoms with Gasteiger partial charge in [-0.05, 0) is 41.4 Å². The fraction of sp³-hybridized carbons (Fsp3) is 1.00. The van der Waals surface area contributed by atoms with Crippen molar-refractivity contribution in [3.05, 3.63) is 0 Å². The standard InChI is InChI=1S/C10H24N2.C2H6/c1-7-11(5)10(4)8-12(6)9(2)3;1-2/h9-10H,7-8H2,1-6H3;1-2H3. The van der Waals surface area contributed by atoms with Crippen molar-refractivity contribution < 1.29 is 0 Å². The summed E-state index contributed by atoms with van der Waals surface area (Å²) in [4.78, 5) is 4.76. The van der Waals surface area contributed by atoms with Crippen molar-refractivity contribution in [1.82, 2.24) is 9.80 Å². The molecule has 0 aromatic carbocycles. The van der Waals surface area contributed by atoms with E-state index < -0.39 is 0 Å². The second kappa shape index (κ2) is 9.47. The molecule has 1 unspecified atom stereocenters. The third-order valence-corrected chi connectivity index (χ3v) is 2.69. The molecule has 0 aromatic heterocycles. The first kappa shape index (κ1) is 16.4. The highest BCUT2D eigenvalue weighted by molar-refractivity contribution is 4.68. The van der Waals surface area contributed by atoms with Gasteiger partial charge in [-0.3, -0.25) is 0 Å². The molecule has 0 heterocycles. The molecule has 0 radical (unpaired) electrons. The van der Waals surface area contributed by atoms with Gasteiger partial charge in [0.1, 0.15) is 0 Å². The van der Waals surface area contributed by atoms with Gasteiger partial charge < -0.3 is 9.80 Å². The van der Waals surface area contributed by atoms with Crippen LogP contribution in [0.1, 0.15) is 41.5 Å². The lowest BCUT2D eigenvalue weighted by atomic mass is 10.2. The summed E-state index contributed by atoms with van der Waals surface area (Å²) in [5, 5.41) is 0. The zero-order valence-corrected chi connectivity index (χ0v) is 11.5. The normalized spacial score (nSPS) is 13.1. The van der Waals surface area contributed by atoms with E-state index in [9.17, 15) is 0 Å². The molecule has 0 aromatic rings. The van der Waals surface area contributed by atoms with Crippen LogP contribution in [0.3, 0.4) is 0 Å². The van der Waals surface area contributed by atoms with Gasteiger partial charge in [0.25, 0.3) is 0 Å². The van der Waals surface area contributed by atoms with Crippen LogP contribution in [0.5, 0.6) is 0 Å². The molecular formula is C12H30N2. The average molecular weight is 202 g/mol. The van der Waals surface area contributed by atoms with Gasteiger partial charge >= 0.3 is 0 Å².